The summed E-state index contributed by atoms with van der Waals surface area (Å²) < 4.78 is 0. The van der Waals surface area contributed by atoms with Crippen LogP contribution in [0.4, 0.5) is 5.13 Å². The van der Waals surface area contributed by atoms with Crippen LogP contribution in [0.1, 0.15) is 30.3 Å². The number of nitrogen functional groups attached to an aromatic ring is 1. The second kappa shape index (κ2) is 9.52. The van der Waals surface area contributed by atoms with Crippen molar-refractivity contribution in [2.75, 3.05) is 12.3 Å². The van der Waals surface area contributed by atoms with Crippen LogP contribution in [0.3, 0.4) is 0 Å². The maximum atomic E-state index is 9.77. The summed E-state index contributed by atoms with van der Waals surface area (Å²) in [5, 5.41) is 36.8. The van der Waals surface area contributed by atoms with Crippen LogP contribution in [0.5, 0.6) is 0 Å². The standard InChI is InChI=1S/C10H17N3S.C4H6O6/c1-2-5-12-7-3-4-8-9(6-7)14-10(11)13-8;5-1(3(7)8)2(6)4(9)10/h7,12H,2-6H2,1H3,(H2,11,13);1-2,5-6H,(H,7,8)(H,9,10)/t7-;/m0./s1. The van der Waals surface area contributed by atoms with E-state index >= 15 is 0 Å². The number of aromatic nitrogens is 1. The average molecular weight is 361 g/mol. The summed E-state index contributed by atoms with van der Waals surface area (Å²) in [6, 6.07) is 0.641. The summed E-state index contributed by atoms with van der Waals surface area (Å²) in [6.07, 6.45) is 0.0777. The minimum absolute atomic E-state index is 0.641. The maximum absolute atomic E-state index is 9.77. The van der Waals surface area contributed by atoms with Gasteiger partial charge in [0.05, 0.1) is 5.69 Å². The van der Waals surface area contributed by atoms with Crippen molar-refractivity contribution in [1.29, 1.82) is 0 Å². The number of carboxylic acid groups (broad SMARTS) is 2. The molecular weight excluding hydrogens is 338 g/mol. The van der Waals surface area contributed by atoms with Crippen LogP contribution in [-0.4, -0.2) is 62.1 Å². The Morgan fingerprint density at radius 2 is 1.92 bits per heavy atom. The molecular formula is C14H23N3O6S. The molecule has 3 atom stereocenters. The van der Waals surface area contributed by atoms with Crippen molar-refractivity contribution in [2.45, 2.75) is 50.9 Å². The van der Waals surface area contributed by atoms with Gasteiger partial charge < -0.3 is 31.5 Å². The van der Waals surface area contributed by atoms with Gasteiger partial charge in [0.1, 0.15) is 0 Å². The fraction of sp³-hybridized carbons (Fsp3) is 0.643. The SMILES string of the molecule is CCCN[C@H]1CCc2nc(N)sc2C1.O=C(O)C(O)C(O)C(=O)O. The number of hydrogen-bond acceptors (Lipinski definition) is 8. The van der Waals surface area contributed by atoms with Crippen molar-refractivity contribution in [1.82, 2.24) is 10.3 Å². The van der Waals surface area contributed by atoms with E-state index in [2.05, 4.69) is 17.2 Å². The van der Waals surface area contributed by atoms with Gasteiger partial charge in [-0.3, -0.25) is 0 Å². The number of nitrogens with zero attached hydrogens (tertiary/aromatic N) is 1. The van der Waals surface area contributed by atoms with Gasteiger partial charge in [-0.25, -0.2) is 14.6 Å². The summed E-state index contributed by atoms with van der Waals surface area (Å²) in [6.45, 7) is 3.32. The number of aliphatic hydroxyl groups excluding tert-OH is 2. The molecule has 0 radical (unpaired) electrons. The molecule has 0 bridgehead atoms. The summed E-state index contributed by atoms with van der Waals surface area (Å²) in [5.41, 5.74) is 6.93. The van der Waals surface area contributed by atoms with E-state index in [1.54, 1.807) is 11.3 Å². The minimum atomic E-state index is -2.27. The molecule has 0 saturated heterocycles. The van der Waals surface area contributed by atoms with Gasteiger partial charge in [0, 0.05) is 10.9 Å². The Labute approximate surface area is 143 Å². The molecule has 0 aliphatic heterocycles. The van der Waals surface area contributed by atoms with Crippen molar-refractivity contribution >= 4 is 28.4 Å². The van der Waals surface area contributed by atoms with E-state index in [1.807, 2.05) is 0 Å². The molecule has 0 fully saturated rings. The van der Waals surface area contributed by atoms with E-state index < -0.39 is 24.1 Å². The second-order valence-electron chi connectivity index (χ2n) is 5.38. The van der Waals surface area contributed by atoms with Gasteiger partial charge in [-0.2, -0.15) is 0 Å². The molecule has 1 aliphatic carbocycles. The van der Waals surface area contributed by atoms with Gasteiger partial charge >= 0.3 is 11.9 Å². The molecule has 0 spiro atoms. The highest BCUT2D eigenvalue weighted by Gasteiger charge is 2.29. The molecule has 0 aromatic carbocycles. The number of rotatable bonds is 6. The number of carbonyl (C=O) groups is 2. The third kappa shape index (κ3) is 6.04. The number of hydrogen-bond donors (Lipinski definition) is 6. The molecule has 1 aromatic heterocycles. The molecule has 1 heterocycles. The normalized spacial score (nSPS) is 18.7. The second-order valence-corrected chi connectivity index (χ2v) is 6.50. The van der Waals surface area contributed by atoms with Crippen LogP contribution in [-0.2, 0) is 22.4 Å². The zero-order valence-electron chi connectivity index (χ0n) is 13.3. The van der Waals surface area contributed by atoms with Crippen LogP contribution in [0.2, 0.25) is 0 Å². The zero-order chi connectivity index (χ0) is 18.3. The highest BCUT2D eigenvalue weighted by molar-refractivity contribution is 7.15. The highest BCUT2D eigenvalue weighted by Crippen LogP contribution is 2.27. The van der Waals surface area contributed by atoms with E-state index in [4.69, 9.17) is 26.2 Å². The summed E-state index contributed by atoms with van der Waals surface area (Å²) >= 11 is 1.65. The zero-order valence-corrected chi connectivity index (χ0v) is 14.1. The number of carboxylic acids is 2. The number of thiazole rings is 1. The van der Waals surface area contributed by atoms with Crippen LogP contribution >= 0.6 is 11.3 Å². The summed E-state index contributed by atoms with van der Waals surface area (Å²) in [5.74, 6) is -3.54. The fourth-order valence-corrected chi connectivity index (χ4v) is 3.15. The van der Waals surface area contributed by atoms with Gasteiger partial charge in [-0.05, 0) is 32.2 Å². The molecule has 10 heteroatoms. The molecule has 7 N–H and O–H groups in total. The first-order chi connectivity index (χ1) is 11.3. The van der Waals surface area contributed by atoms with Gasteiger partial charge in [0.2, 0.25) is 0 Å². The lowest BCUT2D eigenvalue weighted by molar-refractivity contribution is -0.165. The molecule has 2 unspecified atom stereocenters. The van der Waals surface area contributed by atoms with Crippen LogP contribution in [0, 0.1) is 0 Å². The number of nitrogens with two attached hydrogens (primary N) is 1. The van der Waals surface area contributed by atoms with Crippen molar-refractivity contribution in [2.24, 2.45) is 0 Å². The lowest BCUT2D eigenvalue weighted by Gasteiger charge is -2.21. The average Bonchev–Trinajstić information content (AvgIpc) is 2.91. The van der Waals surface area contributed by atoms with Crippen molar-refractivity contribution in [3.8, 4) is 0 Å². The van der Waals surface area contributed by atoms with Gasteiger partial charge in [0.15, 0.2) is 17.3 Å². The predicted octanol–water partition coefficient (Wildman–Crippen LogP) is -0.540. The van der Waals surface area contributed by atoms with Crippen LogP contribution in [0.25, 0.3) is 0 Å². The first-order valence-electron chi connectivity index (χ1n) is 7.55. The molecule has 136 valence electrons. The summed E-state index contributed by atoms with van der Waals surface area (Å²) in [4.78, 5) is 25.3. The highest BCUT2D eigenvalue weighted by atomic mass is 32.1. The van der Waals surface area contributed by atoms with Crippen LogP contribution < -0.4 is 11.1 Å². The molecule has 2 rings (SSSR count). The Morgan fingerprint density at radius 3 is 2.42 bits per heavy atom. The van der Waals surface area contributed by atoms with Gasteiger partial charge in [-0.1, -0.05) is 6.92 Å². The van der Waals surface area contributed by atoms with E-state index in [-0.39, 0.29) is 0 Å². The fourth-order valence-electron chi connectivity index (χ4n) is 2.19. The minimum Gasteiger partial charge on any atom is -0.479 e. The summed E-state index contributed by atoms with van der Waals surface area (Å²) in [7, 11) is 0. The van der Waals surface area contributed by atoms with E-state index in [1.165, 1.54) is 23.4 Å². The van der Waals surface area contributed by atoms with E-state index in [9.17, 15) is 9.59 Å². The lowest BCUT2D eigenvalue weighted by atomic mass is 9.98. The first kappa shape index (κ1) is 20.3. The monoisotopic (exact) mass is 361 g/mol. The number of aryl methyl sites for hydroxylation is 1. The molecule has 1 aromatic rings. The van der Waals surface area contributed by atoms with Gasteiger partial charge in [0.25, 0.3) is 0 Å². The number of aliphatic carboxylic acids is 2. The van der Waals surface area contributed by atoms with Crippen LogP contribution in [0.15, 0.2) is 0 Å². The third-order valence-corrected chi connectivity index (χ3v) is 4.39. The lowest BCUT2D eigenvalue weighted by Crippen LogP contribution is -2.39. The van der Waals surface area contributed by atoms with E-state index in [0.717, 1.165) is 24.5 Å². The Balaban J connectivity index is 0.000000257. The van der Waals surface area contributed by atoms with Gasteiger partial charge in [-0.15, -0.1) is 11.3 Å². The largest absolute Gasteiger partial charge is 0.479 e. The third-order valence-electron chi connectivity index (χ3n) is 3.44. The maximum Gasteiger partial charge on any atom is 0.335 e. The molecule has 9 nitrogen and oxygen atoms in total. The first-order valence-corrected chi connectivity index (χ1v) is 8.37. The van der Waals surface area contributed by atoms with Crippen molar-refractivity contribution < 1.29 is 30.0 Å². The quantitative estimate of drug-likeness (QED) is 0.390. The molecule has 1 aliphatic rings. The number of nitrogens with one attached hydrogen (secondary N) is 1. The molecule has 0 saturated carbocycles. The Kier molecular flexibility index (Phi) is 8.05. The number of aliphatic hydroxyl groups is 2. The Bertz CT molecular complexity index is 547. The smallest absolute Gasteiger partial charge is 0.335 e. The number of fused-ring (bicyclic) bond motifs is 1. The molecule has 0 amide bonds. The number of anilines is 1. The topological polar surface area (TPSA) is 166 Å². The molecule has 24 heavy (non-hydrogen) atoms. The van der Waals surface area contributed by atoms with Crippen molar-refractivity contribution in [3.05, 3.63) is 10.6 Å². The van der Waals surface area contributed by atoms with Crippen molar-refractivity contribution in [3.63, 3.8) is 0 Å². The Hall–Kier alpha value is -1.75. The Morgan fingerprint density at radius 1 is 1.33 bits per heavy atom. The van der Waals surface area contributed by atoms with E-state index in [0.29, 0.717) is 6.04 Å². The predicted molar refractivity (Wildman–Crippen MR) is 87.9 cm³/mol.